The van der Waals surface area contributed by atoms with E-state index in [1.54, 1.807) is 82.7 Å². The van der Waals surface area contributed by atoms with Gasteiger partial charge in [-0.25, -0.2) is 4.98 Å². The summed E-state index contributed by atoms with van der Waals surface area (Å²) in [6, 6.07) is 29.2. The van der Waals surface area contributed by atoms with Gasteiger partial charge >= 0.3 is 5.97 Å². The molecule has 19 rings (SSSR count). The highest BCUT2D eigenvalue weighted by atomic mass is 35.5. The van der Waals surface area contributed by atoms with Crippen LogP contribution in [0.5, 0.6) is 0 Å². The van der Waals surface area contributed by atoms with Gasteiger partial charge in [0.05, 0.1) is 48.6 Å². The van der Waals surface area contributed by atoms with Crippen molar-refractivity contribution >= 4 is 127 Å². The molecule has 698 valence electrons. The number of rotatable bonds is 21. The number of fused-ring (bicyclic) bond motifs is 12. The molecule has 37 heteroatoms. The minimum Gasteiger partial charge on any atom is -0.460 e. The minimum absolute atomic E-state index is 0.00614. The van der Waals surface area contributed by atoms with Crippen LogP contribution in [0.25, 0.3) is 20.0 Å². The van der Waals surface area contributed by atoms with Gasteiger partial charge in [0.1, 0.15) is 73.1 Å². The Morgan fingerprint density at radius 2 is 0.830 bits per heavy atom. The maximum atomic E-state index is 12.9. The summed E-state index contributed by atoms with van der Waals surface area (Å²) >= 11 is 25.3. The number of hydrogen-bond acceptors (Lipinski definition) is 26. The molecule has 16 heterocycles. The largest absolute Gasteiger partial charge is 0.460 e. The number of carbonyl (C=O) groups excluding carboxylic acids is 4. The van der Waals surface area contributed by atoms with Crippen LogP contribution < -0.4 is 16.0 Å². The van der Waals surface area contributed by atoms with E-state index in [1.807, 2.05) is 161 Å². The average Bonchev–Trinajstić information content (AvgIpc) is 1.60. The molecule has 1 saturated heterocycles. The van der Waals surface area contributed by atoms with Crippen molar-refractivity contribution in [2.24, 2.45) is 20.0 Å². The van der Waals surface area contributed by atoms with Crippen molar-refractivity contribution in [2.75, 3.05) is 59.4 Å². The fourth-order valence-corrected chi connectivity index (χ4v) is 21.9. The molecule has 1 fully saturated rings. The van der Waals surface area contributed by atoms with Gasteiger partial charge in [-0.05, 0) is 206 Å². The Bertz CT molecular complexity index is 6830. The molecule has 0 radical (unpaired) electrons. The van der Waals surface area contributed by atoms with E-state index >= 15 is 0 Å². The van der Waals surface area contributed by atoms with E-state index in [2.05, 4.69) is 158 Å². The number of amides is 3. The fourth-order valence-electron chi connectivity index (χ4n) is 16.7. The van der Waals surface area contributed by atoms with E-state index in [1.165, 1.54) is 41.8 Å². The molecular formula is C98H106Cl3N25O5S4. The molecule has 11 aromatic heterocycles. The van der Waals surface area contributed by atoms with Crippen LogP contribution in [0.4, 0.5) is 0 Å². The van der Waals surface area contributed by atoms with Crippen molar-refractivity contribution in [1.82, 2.24) is 104 Å². The Kier molecular flexibility index (Phi) is 29.6. The number of likely N-dealkylation sites (N-methyl/N-ethyl adjacent to an activating group) is 1. The highest BCUT2D eigenvalue weighted by Gasteiger charge is 2.39. The minimum atomic E-state index is -0.560. The number of benzene rings is 3. The normalized spacial score (nSPS) is 15.9. The first-order valence-corrected chi connectivity index (χ1v) is 49.1. The number of esters is 1. The summed E-state index contributed by atoms with van der Waals surface area (Å²) < 4.78 is 15.8. The first kappa shape index (κ1) is 96.0. The quantitative estimate of drug-likeness (QED) is 0.0444. The van der Waals surface area contributed by atoms with Crippen LogP contribution in [0.15, 0.2) is 161 Å². The number of aromatic nitrogens is 16. The number of aryl methyl sites for hydroxylation is 10. The molecule has 3 aromatic carbocycles. The summed E-state index contributed by atoms with van der Waals surface area (Å²) in [6.45, 7) is 36.5. The highest BCUT2D eigenvalue weighted by Crippen LogP contribution is 2.45. The number of carbonyl (C=O) groups is 4. The first-order valence-electron chi connectivity index (χ1n) is 44.7. The number of aliphatic imine (C=N–C) groups is 4. The van der Waals surface area contributed by atoms with Gasteiger partial charge in [0.2, 0.25) is 17.7 Å². The summed E-state index contributed by atoms with van der Waals surface area (Å²) in [7, 11) is 2.11. The Hall–Kier alpha value is -12.1. The maximum Gasteiger partial charge on any atom is 0.308 e. The third-order valence-corrected chi connectivity index (χ3v) is 29.7. The van der Waals surface area contributed by atoms with Crippen molar-refractivity contribution in [2.45, 2.75) is 172 Å². The lowest BCUT2D eigenvalue weighted by molar-refractivity contribution is -0.155. The molecule has 135 heavy (non-hydrogen) atoms. The monoisotopic (exact) mass is 1950 g/mol. The zero-order valence-corrected chi connectivity index (χ0v) is 83.7. The lowest BCUT2D eigenvalue weighted by Crippen LogP contribution is -2.48. The second-order valence-corrected chi connectivity index (χ2v) is 41.0. The van der Waals surface area contributed by atoms with Crippen molar-refractivity contribution in [3.05, 3.63) is 294 Å². The number of halogens is 3. The number of piperazine rings is 1. The van der Waals surface area contributed by atoms with Gasteiger partial charge in [-0.1, -0.05) is 77.3 Å². The van der Waals surface area contributed by atoms with Crippen LogP contribution in [-0.4, -0.2) is 200 Å². The second-order valence-electron chi connectivity index (χ2n) is 34.9. The van der Waals surface area contributed by atoms with Crippen molar-refractivity contribution in [3.8, 4) is 20.0 Å². The van der Waals surface area contributed by atoms with Gasteiger partial charge in [0.25, 0.3) is 0 Å². The molecule has 14 aromatic rings. The summed E-state index contributed by atoms with van der Waals surface area (Å²) in [5.74, 6) is 5.56. The summed E-state index contributed by atoms with van der Waals surface area (Å²) in [5.41, 5.74) is 16.8. The van der Waals surface area contributed by atoms with E-state index in [0.29, 0.717) is 65.7 Å². The fraction of sp³-hybridized carbons (Fsp3) is 0.357. The van der Waals surface area contributed by atoms with E-state index < -0.39 is 17.7 Å². The van der Waals surface area contributed by atoms with Gasteiger partial charge in [-0.15, -0.1) is 86.1 Å². The smallest absolute Gasteiger partial charge is 0.308 e. The van der Waals surface area contributed by atoms with Gasteiger partial charge in [0, 0.05) is 175 Å². The number of nitrogens with one attached hydrogen (secondary N) is 3. The van der Waals surface area contributed by atoms with Crippen LogP contribution in [0.1, 0.15) is 209 Å². The zero-order chi connectivity index (χ0) is 95.4. The number of imidazole rings is 1. The van der Waals surface area contributed by atoms with E-state index in [4.69, 9.17) is 59.5 Å². The molecule has 30 nitrogen and oxygen atoms in total. The van der Waals surface area contributed by atoms with E-state index in [0.717, 1.165) is 167 Å². The third-order valence-electron chi connectivity index (χ3n) is 24.2. The van der Waals surface area contributed by atoms with Gasteiger partial charge in [0.15, 0.2) is 23.3 Å². The molecule has 5 aliphatic heterocycles. The average molecular weight is 1950 g/mol. The molecule has 4 unspecified atom stereocenters. The number of pyridine rings is 2. The summed E-state index contributed by atoms with van der Waals surface area (Å²) in [4.78, 5) is 93.4. The highest BCUT2D eigenvalue weighted by molar-refractivity contribution is 7.16. The predicted molar refractivity (Wildman–Crippen MR) is 533 cm³/mol. The lowest BCUT2D eigenvalue weighted by atomic mass is 9.99. The summed E-state index contributed by atoms with van der Waals surface area (Å²) in [6.07, 6.45) is 14.6. The predicted octanol–water partition coefficient (Wildman–Crippen LogP) is 17.0. The molecule has 0 saturated carbocycles. The van der Waals surface area contributed by atoms with Gasteiger partial charge in [-0.2, -0.15) is 0 Å². The molecule has 3 N–H and O–H groups in total. The zero-order valence-electron chi connectivity index (χ0n) is 78.1. The van der Waals surface area contributed by atoms with Crippen molar-refractivity contribution < 1.29 is 23.9 Å². The first-order chi connectivity index (χ1) is 64.8. The molecule has 0 bridgehead atoms. The molecular weight excluding hydrogens is 1840 g/mol. The Balaban J connectivity index is 0.000000131. The van der Waals surface area contributed by atoms with Crippen LogP contribution >= 0.6 is 80.1 Å². The molecule has 0 aliphatic carbocycles. The number of nitrogens with zero attached hydrogens (tertiary/aromatic N) is 22. The number of thiophene rings is 4. The van der Waals surface area contributed by atoms with Crippen LogP contribution in [0, 0.1) is 83.1 Å². The standard InChI is InChI=1S/C26H25ClN6OS.C25H30ClN7OS.C25H26ClN7OS.C22H25N5O2S/c1-15-16(2)35-26-23(15)24(19-7-9-20(27)10-8-19)30-21(25-32-31-17(3)33(25)26)14-29-22(34)11-6-18-5-4-12-28-13-18;1-15-16(2)35-25-22(15)23(18-5-7-19(26)8-6-18)28-20(24-30-29-17(3)33(24)25)13-27-21(34)14-32-11-9-31(4)10-12-32;1-15-16(2)35-25-22(15)23(18-5-7-19(26)8-6-18)29-20(24-31-30-17(3)33(24)25)13-21(34)28-9-4-11-32-12-10-27-14-32;1-12-13(2)30-21-18(12)19(15-7-9-23-10-8-15)24-16(11-17(28)29-22(4,5)6)20-26-25-14(3)27(20)21/h4-5,7-10,12-13,21H,6,11,14H2,1-3H3,(H,29,34);5-8,20H,9-14H2,1-4H3,(H,27,34);5-8,10,12,14,20H,4,9,11,13H2,1-3H3,(H,28,34);7-10,16H,11H2,1-6H3. The maximum absolute atomic E-state index is 12.9. The molecule has 3 amide bonds. The van der Waals surface area contributed by atoms with Crippen LogP contribution in [0.3, 0.4) is 0 Å². The van der Waals surface area contributed by atoms with Gasteiger partial charge < -0.3 is 30.2 Å². The Morgan fingerprint density at radius 1 is 0.437 bits per heavy atom. The van der Waals surface area contributed by atoms with Crippen molar-refractivity contribution in [1.29, 1.82) is 0 Å². The van der Waals surface area contributed by atoms with Gasteiger partial charge in [-0.3, -0.25) is 72.3 Å². The molecule has 0 spiro atoms. The summed E-state index contributed by atoms with van der Waals surface area (Å²) in [5, 5.41) is 50.6. The number of hydrogen-bond donors (Lipinski definition) is 3. The lowest BCUT2D eigenvalue weighted by Gasteiger charge is -2.31. The molecule has 5 aliphatic rings. The van der Waals surface area contributed by atoms with Crippen LogP contribution in [0.2, 0.25) is 15.1 Å². The van der Waals surface area contributed by atoms with Crippen molar-refractivity contribution in [3.63, 3.8) is 0 Å². The Morgan fingerprint density at radius 3 is 1.22 bits per heavy atom. The van der Waals surface area contributed by atoms with E-state index in [-0.39, 0.29) is 48.6 Å². The SMILES string of the molecule is Cc1sc2c(c1C)C(c1ccc(Cl)cc1)=NC(CC(=O)NCCCn1ccnc1)c1nnc(C)n1-2.Cc1sc2c(c1C)C(c1ccc(Cl)cc1)=NC(CNC(=O)CCc1cccnc1)c1nnc(C)n1-2.Cc1sc2c(c1C)C(c1ccc(Cl)cc1)=NC(CNC(=O)CN1CCN(C)CC1)c1nnc(C)n1-2.Cc1sc2c(c1C)C(c1ccncc1)=NC(CC(=O)OC(C)(C)C)c1nnc(C)n1-2. The van der Waals surface area contributed by atoms with E-state index in [9.17, 15) is 19.2 Å². The van der Waals surface area contributed by atoms with Crippen LogP contribution in [-0.2, 0) is 36.9 Å². The Labute approximate surface area is 814 Å². The number of ether oxygens (including phenoxy) is 1. The third kappa shape index (κ3) is 21.4. The second kappa shape index (κ2) is 41.6. The topological polar surface area (TPSA) is 336 Å². The molecule has 4 atom stereocenters.